The van der Waals surface area contributed by atoms with Crippen LogP contribution >= 0.6 is 0 Å². The molecule has 100 valence electrons. The normalized spacial score (nSPS) is 12.1. The second kappa shape index (κ2) is 5.51. The largest absolute Gasteiger partial charge is 0.362 e. The minimum atomic E-state index is -0.378. The minimum absolute atomic E-state index is 0.00907. The van der Waals surface area contributed by atoms with Crippen LogP contribution < -0.4 is 5.32 Å². The first kappa shape index (κ1) is 13.1. The maximum absolute atomic E-state index is 10.8. The summed E-state index contributed by atoms with van der Waals surface area (Å²) >= 11 is 0. The standard InChI is InChI=1S/C13H16N4O2/c1-3-12(14-13-7-8-16(2)15-13)10-5-4-6-11(9-10)17(18)19/h4-9,12H,3H2,1-2H3,(H,14,15). The van der Waals surface area contributed by atoms with Gasteiger partial charge in [0.05, 0.1) is 11.0 Å². The summed E-state index contributed by atoms with van der Waals surface area (Å²) in [5, 5.41) is 18.3. The molecule has 1 heterocycles. The van der Waals surface area contributed by atoms with E-state index in [9.17, 15) is 10.1 Å². The Morgan fingerprint density at radius 3 is 2.84 bits per heavy atom. The van der Waals surface area contributed by atoms with Crippen molar-refractivity contribution in [1.82, 2.24) is 9.78 Å². The van der Waals surface area contributed by atoms with Gasteiger partial charge in [0.2, 0.25) is 0 Å². The molecule has 2 rings (SSSR count). The van der Waals surface area contributed by atoms with Crippen molar-refractivity contribution < 1.29 is 4.92 Å². The number of nitro benzene ring substituents is 1. The molecule has 2 aromatic rings. The quantitative estimate of drug-likeness (QED) is 0.662. The third-order valence-electron chi connectivity index (χ3n) is 2.93. The number of hydrogen-bond donors (Lipinski definition) is 1. The summed E-state index contributed by atoms with van der Waals surface area (Å²) in [7, 11) is 1.85. The van der Waals surface area contributed by atoms with Crippen molar-refractivity contribution in [3.63, 3.8) is 0 Å². The number of aryl methyl sites for hydroxylation is 1. The minimum Gasteiger partial charge on any atom is -0.362 e. The second-order valence-corrected chi connectivity index (χ2v) is 4.33. The van der Waals surface area contributed by atoms with Crippen molar-refractivity contribution in [2.24, 2.45) is 7.05 Å². The maximum atomic E-state index is 10.8. The third-order valence-corrected chi connectivity index (χ3v) is 2.93. The fourth-order valence-electron chi connectivity index (χ4n) is 1.95. The number of hydrogen-bond acceptors (Lipinski definition) is 4. The van der Waals surface area contributed by atoms with E-state index in [2.05, 4.69) is 10.4 Å². The Hall–Kier alpha value is -2.37. The van der Waals surface area contributed by atoms with Gasteiger partial charge in [-0.15, -0.1) is 0 Å². The molecule has 1 aromatic carbocycles. The molecule has 1 N–H and O–H groups in total. The lowest BCUT2D eigenvalue weighted by molar-refractivity contribution is -0.384. The van der Waals surface area contributed by atoms with Gasteiger partial charge in [0, 0.05) is 31.4 Å². The zero-order valence-corrected chi connectivity index (χ0v) is 10.9. The lowest BCUT2D eigenvalue weighted by Crippen LogP contribution is -2.10. The van der Waals surface area contributed by atoms with Crippen LogP contribution in [0.3, 0.4) is 0 Å². The van der Waals surface area contributed by atoms with Gasteiger partial charge < -0.3 is 5.32 Å². The van der Waals surface area contributed by atoms with Gasteiger partial charge in [-0.1, -0.05) is 19.1 Å². The fraction of sp³-hybridized carbons (Fsp3) is 0.308. The maximum Gasteiger partial charge on any atom is 0.269 e. The Bertz CT molecular complexity index is 580. The smallest absolute Gasteiger partial charge is 0.269 e. The van der Waals surface area contributed by atoms with E-state index in [1.54, 1.807) is 16.8 Å². The van der Waals surface area contributed by atoms with Gasteiger partial charge in [0.15, 0.2) is 0 Å². The van der Waals surface area contributed by atoms with Crippen molar-refractivity contribution in [2.45, 2.75) is 19.4 Å². The van der Waals surface area contributed by atoms with Crippen LogP contribution in [-0.4, -0.2) is 14.7 Å². The molecule has 6 heteroatoms. The summed E-state index contributed by atoms with van der Waals surface area (Å²) in [5.41, 5.74) is 1.00. The molecular weight excluding hydrogens is 244 g/mol. The second-order valence-electron chi connectivity index (χ2n) is 4.33. The molecule has 0 aliphatic heterocycles. The molecular formula is C13H16N4O2. The summed E-state index contributed by atoms with van der Waals surface area (Å²) < 4.78 is 1.71. The highest BCUT2D eigenvalue weighted by Gasteiger charge is 2.14. The predicted molar refractivity (Wildman–Crippen MR) is 73.0 cm³/mol. The van der Waals surface area contributed by atoms with E-state index in [0.29, 0.717) is 0 Å². The van der Waals surface area contributed by atoms with Gasteiger partial charge in [-0.05, 0) is 12.0 Å². The Balaban J connectivity index is 2.21. The van der Waals surface area contributed by atoms with E-state index in [-0.39, 0.29) is 16.7 Å². The first-order chi connectivity index (χ1) is 9.10. The molecule has 0 fully saturated rings. The van der Waals surface area contributed by atoms with Gasteiger partial charge in [0.1, 0.15) is 5.82 Å². The number of nitrogens with zero attached hydrogens (tertiary/aromatic N) is 3. The number of non-ortho nitro benzene ring substituents is 1. The van der Waals surface area contributed by atoms with Crippen LogP contribution in [0.4, 0.5) is 11.5 Å². The van der Waals surface area contributed by atoms with Crippen LogP contribution in [0.15, 0.2) is 36.5 Å². The zero-order valence-electron chi connectivity index (χ0n) is 10.9. The average molecular weight is 260 g/mol. The zero-order chi connectivity index (χ0) is 13.8. The van der Waals surface area contributed by atoms with Gasteiger partial charge in [0.25, 0.3) is 5.69 Å². The molecule has 0 aliphatic rings. The van der Waals surface area contributed by atoms with Crippen LogP contribution in [0.2, 0.25) is 0 Å². The topological polar surface area (TPSA) is 73.0 Å². The molecule has 1 unspecified atom stereocenters. The van der Waals surface area contributed by atoms with E-state index in [0.717, 1.165) is 17.8 Å². The molecule has 0 amide bonds. The fourth-order valence-corrected chi connectivity index (χ4v) is 1.95. The number of nitrogens with one attached hydrogen (secondary N) is 1. The van der Waals surface area contributed by atoms with E-state index in [1.807, 2.05) is 32.3 Å². The summed E-state index contributed by atoms with van der Waals surface area (Å²) in [6.07, 6.45) is 2.67. The van der Waals surface area contributed by atoms with Gasteiger partial charge in [-0.3, -0.25) is 14.8 Å². The van der Waals surface area contributed by atoms with Crippen LogP contribution in [0, 0.1) is 10.1 Å². The SMILES string of the molecule is CCC(Nc1ccn(C)n1)c1cccc([N+](=O)[O-])c1. The molecule has 0 radical (unpaired) electrons. The Morgan fingerprint density at radius 2 is 2.26 bits per heavy atom. The first-order valence-corrected chi connectivity index (χ1v) is 6.10. The van der Waals surface area contributed by atoms with Crippen LogP contribution in [0.25, 0.3) is 0 Å². The molecule has 0 aliphatic carbocycles. The lowest BCUT2D eigenvalue weighted by Gasteiger charge is -2.16. The number of nitro groups is 1. The van der Waals surface area contributed by atoms with Crippen molar-refractivity contribution in [3.8, 4) is 0 Å². The van der Waals surface area contributed by atoms with Crippen LogP contribution in [0.5, 0.6) is 0 Å². The number of benzene rings is 1. The molecule has 6 nitrogen and oxygen atoms in total. The molecule has 0 saturated heterocycles. The monoisotopic (exact) mass is 260 g/mol. The molecule has 0 bridgehead atoms. The summed E-state index contributed by atoms with van der Waals surface area (Å²) in [5.74, 6) is 0.765. The van der Waals surface area contributed by atoms with Crippen molar-refractivity contribution >= 4 is 11.5 Å². The van der Waals surface area contributed by atoms with Gasteiger partial charge >= 0.3 is 0 Å². The highest BCUT2D eigenvalue weighted by Crippen LogP contribution is 2.24. The van der Waals surface area contributed by atoms with E-state index >= 15 is 0 Å². The molecule has 0 spiro atoms. The summed E-state index contributed by atoms with van der Waals surface area (Å²) in [6.45, 7) is 2.03. The molecule has 19 heavy (non-hydrogen) atoms. The molecule has 1 aromatic heterocycles. The predicted octanol–water partition coefficient (Wildman–Crippen LogP) is 2.89. The van der Waals surface area contributed by atoms with Crippen LogP contribution in [0.1, 0.15) is 24.9 Å². The van der Waals surface area contributed by atoms with Crippen molar-refractivity contribution in [3.05, 3.63) is 52.2 Å². The lowest BCUT2D eigenvalue weighted by atomic mass is 10.0. The average Bonchev–Trinajstić information content (AvgIpc) is 2.81. The Kier molecular flexibility index (Phi) is 3.79. The van der Waals surface area contributed by atoms with Gasteiger partial charge in [-0.25, -0.2) is 0 Å². The van der Waals surface area contributed by atoms with E-state index < -0.39 is 0 Å². The van der Waals surface area contributed by atoms with Crippen LogP contribution in [-0.2, 0) is 7.05 Å². The molecule has 0 saturated carbocycles. The third kappa shape index (κ3) is 3.09. The number of rotatable bonds is 5. The number of anilines is 1. The Labute approximate surface area is 111 Å². The van der Waals surface area contributed by atoms with Crippen molar-refractivity contribution in [1.29, 1.82) is 0 Å². The molecule has 1 atom stereocenters. The number of aromatic nitrogens is 2. The Morgan fingerprint density at radius 1 is 1.47 bits per heavy atom. The van der Waals surface area contributed by atoms with Crippen molar-refractivity contribution in [2.75, 3.05) is 5.32 Å². The first-order valence-electron chi connectivity index (χ1n) is 6.10. The highest BCUT2D eigenvalue weighted by molar-refractivity contribution is 5.41. The highest BCUT2D eigenvalue weighted by atomic mass is 16.6. The summed E-state index contributed by atoms with van der Waals surface area (Å²) in [4.78, 5) is 10.4. The van der Waals surface area contributed by atoms with E-state index in [4.69, 9.17) is 0 Å². The summed E-state index contributed by atoms with van der Waals surface area (Å²) in [6, 6.07) is 8.57. The van der Waals surface area contributed by atoms with Gasteiger partial charge in [-0.2, -0.15) is 5.10 Å². The van der Waals surface area contributed by atoms with E-state index in [1.165, 1.54) is 6.07 Å².